The number of piperazine rings is 1. The van der Waals surface area contributed by atoms with Crippen molar-refractivity contribution >= 4 is 11.6 Å². The molecule has 1 amide bonds. The number of methoxy groups -OCH3 is 1. The first-order valence-corrected chi connectivity index (χ1v) is 8.95. The maximum absolute atomic E-state index is 12.7. The number of amides is 1. The Hall–Kier alpha value is -3.20. The summed E-state index contributed by atoms with van der Waals surface area (Å²) >= 11 is 0. The minimum Gasteiger partial charge on any atom is -0.497 e. The zero-order valence-corrected chi connectivity index (χ0v) is 15.6. The van der Waals surface area contributed by atoms with E-state index in [4.69, 9.17) is 14.7 Å². The van der Waals surface area contributed by atoms with E-state index < -0.39 is 6.10 Å². The SMILES string of the molecule is COc1cccc(N2CCN(C(=O)C(C)Oc3ccc(C#N)cc3)CC2)c1. The predicted molar refractivity (Wildman–Crippen MR) is 103 cm³/mol. The zero-order chi connectivity index (χ0) is 19.2. The number of hydrogen-bond acceptors (Lipinski definition) is 5. The van der Waals surface area contributed by atoms with E-state index in [1.54, 1.807) is 38.3 Å². The van der Waals surface area contributed by atoms with Crippen LogP contribution in [-0.4, -0.2) is 50.2 Å². The number of hydrogen-bond donors (Lipinski definition) is 0. The lowest BCUT2D eigenvalue weighted by atomic mass is 10.2. The number of nitriles is 1. The number of carbonyl (C=O) groups excluding carboxylic acids is 1. The van der Waals surface area contributed by atoms with E-state index in [1.807, 2.05) is 23.1 Å². The van der Waals surface area contributed by atoms with Crippen molar-refractivity contribution in [2.24, 2.45) is 0 Å². The van der Waals surface area contributed by atoms with Crippen LogP contribution in [0.3, 0.4) is 0 Å². The molecule has 140 valence electrons. The van der Waals surface area contributed by atoms with E-state index in [0.29, 0.717) is 24.4 Å². The molecule has 6 heteroatoms. The first-order chi connectivity index (χ1) is 13.1. The van der Waals surface area contributed by atoms with Gasteiger partial charge in [0.1, 0.15) is 11.5 Å². The van der Waals surface area contributed by atoms with Crippen molar-refractivity contribution in [1.29, 1.82) is 5.26 Å². The number of rotatable bonds is 5. The number of benzene rings is 2. The molecular weight excluding hydrogens is 342 g/mol. The Morgan fingerprint density at radius 1 is 1.07 bits per heavy atom. The van der Waals surface area contributed by atoms with Crippen molar-refractivity contribution in [1.82, 2.24) is 4.90 Å². The first-order valence-electron chi connectivity index (χ1n) is 8.95. The predicted octanol–water partition coefficient (Wildman–Crippen LogP) is 2.68. The van der Waals surface area contributed by atoms with E-state index >= 15 is 0 Å². The molecule has 1 fully saturated rings. The molecule has 1 saturated heterocycles. The molecule has 6 nitrogen and oxygen atoms in total. The fourth-order valence-corrected chi connectivity index (χ4v) is 3.11. The molecule has 0 radical (unpaired) electrons. The highest BCUT2D eigenvalue weighted by molar-refractivity contribution is 5.81. The van der Waals surface area contributed by atoms with Gasteiger partial charge in [0.15, 0.2) is 6.10 Å². The van der Waals surface area contributed by atoms with Crippen molar-refractivity contribution < 1.29 is 14.3 Å². The Balaban J connectivity index is 1.54. The molecule has 1 unspecified atom stereocenters. The van der Waals surface area contributed by atoms with Crippen molar-refractivity contribution in [3.05, 3.63) is 54.1 Å². The molecule has 1 aliphatic heterocycles. The fraction of sp³-hybridized carbons (Fsp3) is 0.333. The van der Waals surface area contributed by atoms with E-state index in [1.165, 1.54) is 0 Å². The maximum atomic E-state index is 12.7. The normalized spacial score (nSPS) is 15.0. The second kappa shape index (κ2) is 8.45. The minimum atomic E-state index is -0.568. The Morgan fingerprint density at radius 3 is 2.41 bits per heavy atom. The van der Waals surface area contributed by atoms with Gasteiger partial charge < -0.3 is 19.3 Å². The van der Waals surface area contributed by atoms with Gasteiger partial charge in [0.25, 0.3) is 5.91 Å². The van der Waals surface area contributed by atoms with Gasteiger partial charge in [0.05, 0.1) is 18.7 Å². The van der Waals surface area contributed by atoms with Gasteiger partial charge in [-0.2, -0.15) is 5.26 Å². The summed E-state index contributed by atoms with van der Waals surface area (Å²) in [5, 5.41) is 8.84. The van der Waals surface area contributed by atoms with Crippen LogP contribution >= 0.6 is 0 Å². The van der Waals surface area contributed by atoms with E-state index in [2.05, 4.69) is 17.0 Å². The topological polar surface area (TPSA) is 65.8 Å². The van der Waals surface area contributed by atoms with E-state index in [0.717, 1.165) is 24.5 Å². The van der Waals surface area contributed by atoms with Crippen LogP contribution in [0.5, 0.6) is 11.5 Å². The average molecular weight is 365 g/mol. The van der Waals surface area contributed by atoms with Crippen LogP contribution in [0.15, 0.2) is 48.5 Å². The molecule has 2 aromatic rings. The summed E-state index contributed by atoms with van der Waals surface area (Å²) in [6, 6.07) is 16.8. The third-order valence-electron chi connectivity index (χ3n) is 4.65. The van der Waals surface area contributed by atoms with Crippen molar-refractivity contribution in [2.75, 3.05) is 38.2 Å². The van der Waals surface area contributed by atoms with Crippen LogP contribution in [0.1, 0.15) is 12.5 Å². The lowest BCUT2D eigenvalue weighted by Gasteiger charge is -2.37. The van der Waals surface area contributed by atoms with Gasteiger partial charge in [0.2, 0.25) is 0 Å². The summed E-state index contributed by atoms with van der Waals surface area (Å²) in [7, 11) is 1.66. The number of anilines is 1. The molecule has 0 aliphatic carbocycles. The molecule has 1 atom stereocenters. The van der Waals surface area contributed by atoms with Gasteiger partial charge in [-0.05, 0) is 43.3 Å². The van der Waals surface area contributed by atoms with Gasteiger partial charge in [-0.1, -0.05) is 6.07 Å². The molecule has 1 heterocycles. The Kier molecular flexibility index (Phi) is 5.82. The second-order valence-electron chi connectivity index (χ2n) is 6.41. The standard InChI is InChI=1S/C21H23N3O3/c1-16(27-19-8-6-17(15-22)7-9-19)21(25)24-12-10-23(11-13-24)18-4-3-5-20(14-18)26-2/h3-9,14,16H,10-13H2,1-2H3. The average Bonchev–Trinajstić information content (AvgIpc) is 2.74. The maximum Gasteiger partial charge on any atom is 0.263 e. The van der Waals surface area contributed by atoms with Crippen molar-refractivity contribution in [3.8, 4) is 17.6 Å². The smallest absolute Gasteiger partial charge is 0.263 e. The quantitative estimate of drug-likeness (QED) is 0.815. The summed E-state index contributed by atoms with van der Waals surface area (Å²) in [5.74, 6) is 1.39. The van der Waals surface area contributed by atoms with E-state index in [-0.39, 0.29) is 5.91 Å². The lowest BCUT2D eigenvalue weighted by Crippen LogP contribution is -2.52. The molecule has 27 heavy (non-hydrogen) atoms. The molecule has 0 N–H and O–H groups in total. The molecule has 2 aromatic carbocycles. The van der Waals surface area contributed by atoms with Crippen molar-refractivity contribution in [2.45, 2.75) is 13.0 Å². The minimum absolute atomic E-state index is 0.0235. The Labute approximate surface area is 159 Å². The van der Waals surface area contributed by atoms with Crippen LogP contribution in [0.4, 0.5) is 5.69 Å². The van der Waals surface area contributed by atoms with Gasteiger partial charge in [-0.25, -0.2) is 0 Å². The van der Waals surface area contributed by atoms with Gasteiger partial charge in [-0.3, -0.25) is 4.79 Å². The first kappa shape index (κ1) is 18.6. The lowest BCUT2D eigenvalue weighted by molar-refractivity contribution is -0.138. The summed E-state index contributed by atoms with van der Waals surface area (Å²) in [4.78, 5) is 16.8. The Bertz CT molecular complexity index is 821. The number of nitrogens with zero attached hydrogens (tertiary/aromatic N) is 3. The van der Waals surface area contributed by atoms with E-state index in [9.17, 15) is 4.79 Å². The van der Waals surface area contributed by atoms with Crippen LogP contribution < -0.4 is 14.4 Å². The molecule has 3 rings (SSSR count). The highest BCUT2D eigenvalue weighted by atomic mass is 16.5. The summed E-state index contributed by atoms with van der Waals surface area (Å²) < 4.78 is 11.0. The van der Waals surface area contributed by atoms with Crippen LogP contribution in [0.2, 0.25) is 0 Å². The molecule has 0 spiro atoms. The monoisotopic (exact) mass is 365 g/mol. The van der Waals surface area contributed by atoms with Crippen LogP contribution in [0.25, 0.3) is 0 Å². The molecule has 0 saturated carbocycles. The summed E-state index contributed by atoms with van der Waals surface area (Å²) in [5.41, 5.74) is 1.67. The summed E-state index contributed by atoms with van der Waals surface area (Å²) in [6.07, 6.45) is -0.568. The summed E-state index contributed by atoms with van der Waals surface area (Å²) in [6.45, 7) is 4.59. The van der Waals surface area contributed by atoms with Crippen LogP contribution in [-0.2, 0) is 4.79 Å². The molecule has 0 aromatic heterocycles. The number of carbonyl (C=O) groups is 1. The van der Waals surface area contributed by atoms with Crippen molar-refractivity contribution in [3.63, 3.8) is 0 Å². The van der Waals surface area contributed by atoms with Gasteiger partial charge in [0, 0.05) is 37.9 Å². The third kappa shape index (κ3) is 4.50. The second-order valence-corrected chi connectivity index (χ2v) is 6.41. The van der Waals surface area contributed by atoms with Gasteiger partial charge >= 0.3 is 0 Å². The zero-order valence-electron chi connectivity index (χ0n) is 15.6. The van der Waals surface area contributed by atoms with Gasteiger partial charge in [-0.15, -0.1) is 0 Å². The fourth-order valence-electron chi connectivity index (χ4n) is 3.11. The molecular formula is C21H23N3O3. The molecule has 1 aliphatic rings. The largest absolute Gasteiger partial charge is 0.497 e. The highest BCUT2D eigenvalue weighted by Crippen LogP contribution is 2.22. The number of ether oxygens (including phenoxy) is 2. The molecule has 0 bridgehead atoms. The highest BCUT2D eigenvalue weighted by Gasteiger charge is 2.26. The third-order valence-corrected chi connectivity index (χ3v) is 4.65. The van der Waals surface area contributed by atoms with Crippen LogP contribution in [0, 0.1) is 11.3 Å². The Morgan fingerprint density at radius 2 is 1.78 bits per heavy atom.